The molecule has 1 unspecified atom stereocenters. The van der Waals surface area contributed by atoms with Gasteiger partial charge in [-0.15, -0.1) is 0 Å². The molecular weight excluding hydrogens is 236 g/mol. The normalized spacial score (nSPS) is 19.2. The first-order chi connectivity index (χ1) is 8.75. The molecule has 0 saturated carbocycles. The first kappa shape index (κ1) is 11.0. The highest BCUT2D eigenvalue weighted by molar-refractivity contribution is 5.66. The fraction of sp³-hybridized carbons (Fsp3) is 0.333. The zero-order chi connectivity index (χ0) is 12.5. The predicted molar refractivity (Wildman–Crippen MR) is 61.0 cm³/mol. The van der Waals surface area contributed by atoms with Crippen LogP contribution in [0.5, 0.6) is 11.5 Å². The van der Waals surface area contributed by atoms with Crippen LogP contribution in [0.4, 0.5) is 0 Å². The molecule has 94 valence electrons. The zero-order valence-corrected chi connectivity index (χ0v) is 9.54. The summed E-state index contributed by atoms with van der Waals surface area (Å²) in [5.41, 5.74) is 0.312. The molecule has 0 bridgehead atoms. The average Bonchev–Trinajstić information content (AvgIpc) is 3.01. The van der Waals surface area contributed by atoms with Crippen molar-refractivity contribution in [2.45, 2.75) is 18.9 Å². The van der Waals surface area contributed by atoms with E-state index in [1.165, 1.54) is 6.07 Å². The summed E-state index contributed by atoms with van der Waals surface area (Å²) in [7, 11) is 0. The molecule has 1 atom stereocenters. The number of aromatic hydroxyl groups is 2. The van der Waals surface area contributed by atoms with Crippen LogP contribution in [0.3, 0.4) is 0 Å². The van der Waals surface area contributed by atoms with Gasteiger partial charge in [-0.2, -0.15) is 4.98 Å². The lowest BCUT2D eigenvalue weighted by atomic mass is 10.2. The lowest BCUT2D eigenvalue weighted by molar-refractivity contribution is 0.103. The quantitative estimate of drug-likeness (QED) is 0.790. The first-order valence-electron chi connectivity index (χ1n) is 5.72. The number of hydrogen-bond donors (Lipinski definition) is 2. The minimum atomic E-state index is -0.264. The molecule has 1 aromatic heterocycles. The fourth-order valence-corrected chi connectivity index (χ4v) is 1.96. The maximum atomic E-state index is 9.72. The van der Waals surface area contributed by atoms with E-state index < -0.39 is 0 Å². The van der Waals surface area contributed by atoms with Gasteiger partial charge in [0.25, 0.3) is 5.89 Å². The molecule has 6 heteroatoms. The number of para-hydroxylation sites is 1. The van der Waals surface area contributed by atoms with Crippen molar-refractivity contribution in [3.05, 3.63) is 24.0 Å². The van der Waals surface area contributed by atoms with Gasteiger partial charge in [-0.25, -0.2) is 0 Å². The Kier molecular flexibility index (Phi) is 2.64. The molecule has 1 saturated heterocycles. The monoisotopic (exact) mass is 248 g/mol. The molecular formula is C12H12N2O4. The molecule has 18 heavy (non-hydrogen) atoms. The van der Waals surface area contributed by atoms with E-state index in [4.69, 9.17) is 9.26 Å². The van der Waals surface area contributed by atoms with Gasteiger partial charge in [-0.1, -0.05) is 11.2 Å². The van der Waals surface area contributed by atoms with Crippen molar-refractivity contribution < 1.29 is 19.5 Å². The molecule has 1 fully saturated rings. The van der Waals surface area contributed by atoms with Crippen LogP contribution in [0.2, 0.25) is 0 Å². The molecule has 2 N–H and O–H groups in total. The summed E-state index contributed by atoms with van der Waals surface area (Å²) in [5, 5.41) is 23.0. The van der Waals surface area contributed by atoms with Crippen molar-refractivity contribution in [1.82, 2.24) is 10.1 Å². The number of benzene rings is 1. The van der Waals surface area contributed by atoms with Crippen molar-refractivity contribution in [1.29, 1.82) is 0 Å². The summed E-state index contributed by atoms with van der Waals surface area (Å²) in [4.78, 5) is 4.19. The molecule has 1 aromatic carbocycles. The van der Waals surface area contributed by atoms with Gasteiger partial charge in [-0.05, 0) is 25.0 Å². The van der Waals surface area contributed by atoms with Crippen molar-refractivity contribution >= 4 is 0 Å². The third kappa shape index (κ3) is 1.80. The van der Waals surface area contributed by atoms with Crippen molar-refractivity contribution in [3.63, 3.8) is 0 Å². The van der Waals surface area contributed by atoms with E-state index in [9.17, 15) is 10.2 Å². The van der Waals surface area contributed by atoms with Crippen molar-refractivity contribution in [2.24, 2.45) is 0 Å². The van der Waals surface area contributed by atoms with Crippen molar-refractivity contribution in [2.75, 3.05) is 6.61 Å². The average molecular weight is 248 g/mol. The van der Waals surface area contributed by atoms with Gasteiger partial charge in [0.15, 0.2) is 11.5 Å². The third-order valence-corrected chi connectivity index (χ3v) is 2.90. The Morgan fingerprint density at radius 1 is 1.28 bits per heavy atom. The van der Waals surface area contributed by atoms with Crippen LogP contribution in [-0.4, -0.2) is 27.0 Å². The molecule has 0 aliphatic carbocycles. The first-order valence-corrected chi connectivity index (χ1v) is 5.72. The zero-order valence-electron chi connectivity index (χ0n) is 9.54. The van der Waals surface area contributed by atoms with E-state index in [0.29, 0.717) is 18.0 Å². The number of nitrogens with zero attached hydrogens (tertiary/aromatic N) is 2. The Labute approximate surface area is 103 Å². The summed E-state index contributed by atoms with van der Waals surface area (Å²) in [5.74, 6) is 0.170. The third-order valence-electron chi connectivity index (χ3n) is 2.90. The topological polar surface area (TPSA) is 88.6 Å². The number of aromatic nitrogens is 2. The summed E-state index contributed by atoms with van der Waals surface area (Å²) >= 11 is 0. The van der Waals surface area contributed by atoms with Crippen LogP contribution < -0.4 is 0 Å². The van der Waals surface area contributed by atoms with Gasteiger partial charge in [-0.3, -0.25) is 0 Å². The Morgan fingerprint density at radius 3 is 2.94 bits per heavy atom. The van der Waals surface area contributed by atoms with Crippen LogP contribution in [-0.2, 0) is 4.74 Å². The summed E-state index contributed by atoms with van der Waals surface area (Å²) in [6.45, 7) is 0.700. The molecule has 0 radical (unpaired) electrons. The van der Waals surface area contributed by atoms with E-state index >= 15 is 0 Å². The number of phenols is 2. The molecule has 2 heterocycles. The Balaban J connectivity index is 1.95. The SMILES string of the molecule is Oc1cccc(-c2nc(C3CCCO3)no2)c1O. The lowest BCUT2D eigenvalue weighted by Crippen LogP contribution is -1.97. The van der Waals surface area contributed by atoms with E-state index in [-0.39, 0.29) is 23.5 Å². The maximum absolute atomic E-state index is 9.72. The number of ether oxygens (including phenoxy) is 1. The largest absolute Gasteiger partial charge is 0.504 e. The van der Waals surface area contributed by atoms with Gasteiger partial charge in [0.05, 0.1) is 5.56 Å². The van der Waals surface area contributed by atoms with E-state index in [0.717, 1.165) is 12.8 Å². The summed E-state index contributed by atoms with van der Waals surface area (Å²) in [6.07, 6.45) is 1.71. The van der Waals surface area contributed by atoms with E-state index in [1.807, 2.05) is 0 Å². The highest BCUT2D eigenvalue weighted by Crippen LogP contribution is 2.36. The molecule has 6 nitrogen and oxygen atoms in total. The van der Waals surface area contributed by atoms with Gasteiger partial charge in [0.2, 0.25) is 5.82 Å². The minimum absolute atomic E-state index is 0.137. The lowest BCUT2D eigenvalue weighted by Gasteiger charge is -2.02. The highest BCUT2D eigenvalue weighted by atomic mass is 16.5. The van der Waals surface area contributed by atoms with Crippen LogP contribution >= 0.6 is 0 Å². The number of phenolic OH excluding ortho intramolecular Hbond substituents is 2. The molecule has 0 amide bonds. The smallest absolute Gasteiger partial charge is 0.261 e. The van der Waals surface area contributed by atoms with Gasteiger partial charge >= 0.3 is 0 Å². The molecule has 3 rings (SSSR count). The van der Waals surface area contributed by atoms with Crippen LogP contribution in [0.25, 0.3) is 11.5 Å². The Hall–Kier alpha value is -2.08. The molecule has 1 aliphatic rings. The summed E-state index contributed by atoms with van der Waals surface area (Å²) in [6, 6.07) is 4.58. The van der Waals surface area contributed by atoms with Gasteiger partial charge < -0.3 is 19.5 Å². The standard InChI is InChI=1S/C12H12N2O4/c15-8-4-1-3-7(10(8)16)12-13-11(14-18-12)9-5-2-6-17-9/h1,3-4,9,15-16H,2,5-6H2. The van der Waals surface area contributed by atoms with Crippen LogP contribution in [0.15, 0.2) is 22.7 Å². The minimum Gasteiger partial charge on any atom is -0.504 e. The second-order valence-corrected chi connectivity index (χ2v) is 4.13. The Bertz CT molecular complexity index is 561. The summed E-state index contributed by atoms with van der Waals surface area (Å²) < 4.78 is 10.5. The fourth-order valence-electron chi connectivity index (χ4n) is 1.96. The van der Waals surface area contributed by atoms with Crippen LogP contribution in [0, 0.1) is 0 Å². The highest BCUT2D eigenvalue weighted by Gasteiger charge is 2.24. The van der Waals surface area contributed by atoms with Gasteiger partial charge in [0.1, 0.15) is 6.10 Å². The predicted octanol–water partition coefficient (Wildman–Crippen LogP) is 2.00. The molecule has 1 aliphatic heterocycles. The second kappa shape index (κ2) is 4.30. The van der Waals surface area contributed by atoms with Gasteiger partial charge in [0, 0.05) is 6.61 Å². The van der Waals surface area contributed by atoms with E-state index in [1.54, 1.807) is 12.1 Å². The second-order valence-electron chi connectivity index (χ2n) is 4.13. The van der Waals surface area contributed by atoms with Crippen molar-refractivity contribution in [3.8, 4) is 23.0 Å². The van der Waals surface area contributed by atoms with E-state index in [2.05, 4.69) is 10.1 Å². The number of hydrogen-bond acceptors (Lipinski definition) is 6. The maximum Gasteiger partial charge on any atom is 0.261 e. The Morgan fingerprint density at radius 2 is 2.17 bits per heavy atom. The molecule has 0 spiro atoms. The van der Waals surface area contributed by atoms with Crippen LogP contribution in [0.1, 0.15) is 24.8 Å². The molecule has 2 aromatic rings. The number of rotatable bonds is 2.